The monoisotopic (exact) mass is 340 g/mol. The average Bonchev–Trinajstić information content (AvgIpc) is 2.49. The Morgan fingerprint density at radius 3 is 2.76 bits per heavy atom. The molecule has 4 heteroatoms. The van der Waals surface area contributed by atoms with Gasteiger partial charge in [0.25, 0.3) is 5.91 Å². The highest BCUT2D eigenvalue weighted by Gasteiger charge is 2.12. The summed E-state index contributed by atoms with van der Waals surface area (Å²) in [7, 11) is 0. The average molecular weight is 341 g/mol. The minimum Gasteiger partial charge on any atom is -0.320 e. The fourth-order valence-corrected chi connectivity index (χ4v) is 2.72. The van der Waals surface area contributed by atoms with Crippen LogP contribution in [-0.4, -0.2) is 10.9 Å². The molecule has 3 nitrogen and oxygen atoms in total. The van der Waals surface area contributed by atoms with Crippen molar-refractivity contribution in [2.45, 2.75) is 6.92 Å². The molecule has 104 valence electrons. The zero-order valence-corrected chi connectivity index (χ0v) is 13.0. The second kappa shape index (κ2) is 5.66. The Labute approximate surface area is 131 Å². The van der Waals surface area contributed by atoms with Gasteiger partial charge in [0.1, 0.15) is 5.69 Å². The zero-order chi connectivity index (χ0) is 14.8. The van der Waals surface area contributed by atoms with E-state index in [0.29, 0.717) is 5.69 Å². The normalized spacial score (nSPS) is 10.6. The standard InChI is InChI=1S/C17H13BrN2O/c1-11-10-13(18)6-7-15(11)20-17(21)16-14-5-3-2-4-12(14)8-9-19-16/h2-10H,1H3,(H,20,21). The summed E-state index contributed by atoms with van der Waals surface area (Å²) in [6.07, 6.45) is 1.66. The van der Waals surface area contributed by atoms with E-state index in [2.05, 4.69) is 26.2 Å². The predicted molar refractivity (Wildman–Crippen MR) is 88.6 cm³/mol. The number of anilines is 1. The van der Waals surface area contributed by atoms with Crippen LogP contribution >= 0.6 is 15.9 Å². The molecule has 0 radical (unpaired) electrons. The van der Waals surface area contributed by atoms with Crippen molar-refractivity contribution in [2.24, 2.45) is 0 Å². The molecule has 0 saturated heterocycles. The molecule has 0 aliphatic carbocycles. The molecular weight excluding hydrogens is 328 g/mol. The third-order valence-corrected chi connectivity index (χ3v) is 3.82. The molecule has 0 spiro atoms. The van der Waals surface area contributed by atoms with Crippen molar-refractivity contribution in [3.05, 3.63) is 70.5 Å². The maximum absolute atomic E-state index is 12.5. The number of aromatic nitrogens is 1. The molecule has 3 rings (SSSR count). The first-order valence-corrected chi connectivity index (χ1v) is 7.36. The summed E-state index contributed by atoms with van der Waals surface area (Å²) >= 11 is 3.41. The van der Waals surface area contributed by atoms with Crippen molar-refractivity contribution >= 4 is 38.3 Å². The van der Waals surface area contributed by atoms with Crippen LogP contribution in [0.5, 0.6) is 0 Å². The lowest BCUT2D eigenvalue weighted by atomic mass is 10.1. The van der Waals surface area contributed by atoms with Gasteiger partial charge in [-0.05, 0) is 42.1 Å². The molecule has 1 amide bonds. The summed E-state index contributed by atoms with van der Waals surface area (Å²) < 4.78 is 0.987. The number of carbonyl (C=O) groups excluding carboxylic acids is 1. The van der Waals surface area contributed by atoms with E-state index in [4.69, 9.17) is 0 Å². The van der Waals surface area contributed by atoms with Crippen LogP contribution in [0.4, 0.5) is 5.69 Å². The molecule has 0 saturated carbocycles. The number of hydrogen-bond donors (Lipinski definition) is 1. The molecule has 0 fully saturated rings. The van der Waals surface area contributed by atoms with Gasteiger partial charge in [0, 0.05) is 21.7 Å². The molecule has 0 aliphatic heterocycles. The van der Waals surface area contributed by atoms with Crippen molar-refractivity contribution in [1.29, 1.82) is 0 Å². The van der Waals surface area contributed by atoms with Gasteiger partial charge in [0.15, 0.2) is 0 Å². The number of benzene rings is 2. The van der Waals surface area contributed by atoms with Crippen molar-refractivity contribution < 1.29 is 4.79 Å². The van der Waals surface area contributed by atoms with Gasteiger partial charge in [0.05, 0.1) is 0 Å². The number of nitrogens with one attached hydrogen (secondary N) is 1. The van der Waals surface area contributed by atoms with Gasteiger partial charge < -0.3 is 5.32 Å². The summed E-state index contributed by atoms with van der Waals surface area (Å²) in [6.45, 7) is 1.96. The third kappa shape index (κ3) is 2.81. The molecular formula is C17H13BrN2O. The summed E-state index contributed by atoms with van der Waals surface area (Å²) in [4.78, 5) is 16.7. The Balaban J connectivity index is 1.97. The SMILES string of the molecule is Cc1cc(Br)ccc1NC(=O)c1nccc2ccccc12. The number of halogens is 1. The minimum atomic E-state index is -0.197. The first-order chi connectivity index (χ1) is 10.1. The molecule has 1 aromatic heterocycles. The van der Waals surface area contributed by atoms with Crippen LogP contribution in [0.15, 0.2) is 59.2 Å². The number of nitrogens with zero attached hydrogens (tertiary/aromatic N) is 1. The van der Waals surface area contributed by atoms with Gasteiger partial charge in [-0.1, -0.05) is 40.2 Å². The van der Waals surface area contributed by atoms with Crippen LogP contribution in [0.1, 0.15) is 16.1 Å². The number of hydrogen-bond acceptors (Lipinski definition) is 2. The van der Waals surface area contributed by atoms with Crippen molar-refractivity contribution in [3.8, 4) is 0 Å². The lowest BCUT2D eigenvalue weighted by Gasteiger charge is -2.09. The Bertz CT molecular complexity index is 825. The summed E-state index contributed by atoms with van der Waals surface area (Å²) in [6, 6.07) is 15.4. The van der Waals surface area contributed by atoms with E-state index in [9.17, 15) is 4.79 Å². The van der Waals surface area contributed by atoms with Crippen LogP contribution in [0.3, 0.4) is 0 Å². The molecule has 3 aromatic rings. The molecule has 1 heterocycles. The molecule has 1 N–H and O–H groups in total. The number of aryl methyl sites for hydroxylation is 1. The highest BCUT2D eigenvalue weighted by atomic mass is 79.9. The third-order valence-electron chi connectivity index (χ3n) is 3.33. The minimum absolute atomic E-state index is 0.197. The van der Waals surface area contributed by atoms with E-state index < -0.39 is 0 Å². The molecule has 2 aromatic carbocycles. The zero-order valence-electron chi connectivity index (χ0n) is 11.4. The Morgan fingerprint density at radius 1 is 1.14 bits per heavy atom. The van der Waals surface area contributed by atoms with Crippen LogP contribution in [-0.2, 0) is 0 Å². The molecule has 0 bridgehead atoms. The Hall–Kier alpha value is -2.20. The van der Waals surface area contributed by atoms with E-state index in [1.165, 1.54) is 0 Å². The second-order valence-corrected chi connectivity index (χ2v) is 5.71. The highest BCUT2D eigenvalue weighted by molar-refractivity contribution is 9.10. The van der Waals surface area contributed by atoms with E-state index in [-0.39, 0.29) is 5.91 Å². The Kier molecular flexibility index (Phi) is 3.71. The van der Waals surface area contributed by atoms with E-state index in [1.807, 2.05) is 55.5 Å². The maximum atomic E-state index is 12.5. The van der Waals surface area contributed by atoms with Crippen molar-refractivity contribution in [2.75, 3.05) is 5.32 Å². The van der Waals surface area contributed by atoms with E-state index >= 15 is 0 Å². The van der Waals surface area contributed by atoms with Crippen LogP contribution in [0, 0.1) is 6.92 Å². The van der Waals surface area contributed by atoms with E-state index in [1.54, 1.807) is 6.20 Å². The van der Waals surface area contributed by atoms with Crippen LogP contribution in [0.2, 0.25) is 0 Å². The van der Waals surface area contributed by atoms with Gasteiger partial charge in [-0.15, -0.1) is 0 Å². The quantitative estimate of drug-likeness (QED) is 0.743. The van der Waals surface area contributed by atoms with Gasteiger partial charge in [-0.25, -0.2) is 0 Å². The van der Waals surface area contributed by atoms with E-state index in [0.717, 1.165) is 26.5 Å². The first kappa shape index (κ1) is 13.8. The fourth-order valence-electron chi connectivity index (χ4n) is 2.25. The van der Waals surface area contributed by atoms with Gasteiger partial charge in [-0.2, -0.15) is 0 Å². The van der Waals surface area contributed by atoms with Crippen molar-refractivity contribution in [3.63, 3.8) is 0 Å². The van der Waals surface area contributed by atoms with Crippen molar-refractivity contribution in [1.82, 2.24) is 4.98 Å². The smallest absolute Gasteiger partial charge is 0.274 e. The molecule has 0 atom stereocenters. The molecule has 21 heavy (non-hydrogen) atoms. The molecule has 0 unspecified atom stereocenters. The lowest BCUT2D eigenvalue weighted by molar-refractivity contribution is 0.102. The predicted octanol–water partition coefficient (Wildman–Crippen LogP) is 4.56. The topological polar surface area (TPSA) is 42.0 Å². The maximum Gasteiger partial charge on any atom is 0.274 e. The molecule has 0 aliphatic rings. The summed E-state index contributed by atoms with van der Waals surface area (Å²) in [5.41, 5.74) is 2.23. The van der Waals surface area contributed by atoms with Gasteiger partial charge in [0.2, 0.25) is 0 Å². The number of carbonyl (C=O) groups is 1. The van der Waals surface area contributed by atoms with Gasteiger partial charge >= 0.3 is 0 Å². The fraction of sp³-hybridized carbons (Fsp3) is 0.0588. The van der Waals surface area contributed by atoms with Gasteiger partial charge in [-0.3, -0.25) is 9.78 Å². The number of fused-ring (bicyclic) bond motifs is 1. The largest absolute Gasteiger partial charge is 0.320 e. The van der Waals surface area contributed by atoms with Crippen LogP contribution in [0.25, 0.3) is 10.8 Å². The highest BCUT2D eigenvalue weighted by Crippen LogP contribution is 2.22. The summed E-state index contributed by atoms with van der Waals surface area (Å²) in [5.74, 6) is -0.197. The Morgan fingerprint density at radius 2 is 1.95 bits per heavy atom. The second-order valence-electron chi connectivity index (χ2n) is 4.79. The van der Waals surface area contributed by atoms with Crippen LogP contribution < -0.4 is 5.32 Å². The lowest BCUT2D eigenvalue weighted by Crippen LogP contribution is -2.14. The number of pyridine rings is 1. The first-order valence-electron chi connectivity index (χ1n) is 6.56. The number of rotatable bonds is 2. The number of amides is 1. The summed E-state index contributed by atoms with van der Waals surface area (Å²) in [5, 5.41) is 4.78.